The molecule has 0 bridgehead atoms. The molecule has 20 heavy (non-hydrogen) atoms. The summed E-state index contributed by atoms with van der Waals surface area (Å²) in [6.07, 6.45) is 2.62. The maximum Gasteiger partial charge on any atom is 0.335 e. The Hall–Kier alpha value is -2.41. The average Bonchev–Trinajstić information content (AvgIpc) is 2.47. The van der Waals surface area contributed by atoms with Crippen molar-refractivity contribution in [3.8, 4) is 5.75 Å². The monoisotopic (exact) mass is 293 g/mol. The number of nitrogens with zero attached hydrogens (tertiary/aromatic N) is 1. The maximum atomic E-state index is 12.4. The van der Waals surface area contributed by atoms with Crippen LogP contribution in [0, 0.1) is 0 Å². The standard InChI is InChI=1S/C13H11NO5S/c1-19-11-6-7-14-8-12(11)20(17,18)10-4-2-9(3-5-10)13(15)16/h2-8H,1H3,(H,15,16). The van der Waals surface area contributed by atoms with Gasteiger partial charge in [0.05, 0.1) is 17.6 Å². The van der Waals surface area contributed by atoms with Crippen molar-refractivity contribution in [2.24, 2.45) is 0 Å². The van der Waals surface area contributed by atoms with Gasteiger partial charge in [0.2, 0.25) is 9.84 Å². The van der Waals surface area contributed by atoms with Crippen LogP contribution in [0.25, 0.3) is 0 Å². The Morgan fingerprint density at radius 3 is 2.40 bits per heavy atom. The maximum absolute atomic E-state index is 12.4. The molecule has 1 aromatic carbocycles. The first-order valence-corrected chi connectivity index (χ1v) is 7.01. The Bertz CT molecular complexity index is 738. The number of aromatic carboxylic acids is 1. The van der Waals surface area contributed by atoms with E-state index in [-0.39, 0.29) is 21.1 Å². The highest BCUT2D eigenvalue weighted by Crippen LogP contribution is 2.28. The fourth-order valence-electron chi connectivity index (χ4n) is 1.64. The minimum Gasteiger partial charge on any atom is -0.495 e. The molecular weight excluding hydrogens is 282 g/mol. The molecule has 1 N–H and O–H groups in total. The second-order valence-corrected chi connectivity index (χ2v) is 5.78. The summed E-state index contributed by atoms with van der Waals surface area (Å²) in [6, 6.07) is 6.39. The second kappa shape index (κ2) is 5.30. The quantitative estimate of drug-likeness (QED) is 0.920. The highest BCUT2D eigenvalue weighted by Gasteiger charge is 2.22. The van der Waals surface area contributed by atoms with Gasteiger partial charge in [0.25, 0.3) is 0 Å². The van der Waals surface area contributed by atoms with Crippen LogP contribution in [0.2, 0.25) is 0 Å². The molecule has 0 atom stereocenters. The first kappa shape index (κ1) is 14.0. The van der Waals surface area contributed by atoms with E-state index in [1.807, 2.05) is 0 Å². The third kappa shape index (κ3) is 2.48. The summed E-state index contributed by atoms with van der Waals surface area (Å²) < 4.78 is 29.9. The van der Waals surface area contributed by atoms with E-state index < -0.39 is 15.8 Å². The van der Waals surface area contributed by atoms with Gasteiger partial charge in [-0.1, -0.05) is 0 Å². The van der Waals surface area contributed by atoms with Gasteiger partial charge in [-0.2, -0.15) is 0 Å². The summed E-state index contributed by atoms with van der Waals surface area (Å²) in [5.74, 6) is -0.935. The topological polar surface area (TPSA) is 93.6 Å². The first-order chi connectivity index (χ1) is 9.46. The molecule has 0 aliphatic heterocycles. The van der Waals surface area contributed by atoms with Crippen LogP contribution < -0.4 is 4.74 Å². The smallest absolute Gasteiger partial charge is 0.335 e. The lowest BCUT2D eigenvalue weighted by Gasteiger charge is -2.08. The molecule has 6 nitrogen and oxygen atoms in total. The number of hydrogen-bond acceptors (Lipinski definition) is 5. The number of rotatable bonds is 4. The predicted molar refractivity (Wildman–Crippen MR) is 69.6 cm³/mol. The van der Waals surface area contributed by atoms with Crippen LogP contribution in [0.5, 0.6) is 5.75 Å². The number of sulfone groups is 1. The van der Waals surface area contributed by atoms with E-state index >= 15 is 0 Å². The van der Waals surface area contributed by atoms with E-state index in [2.05, 4.69) is 4.98 Å². The average molecular weight is 293 g/mol. The zero-order valence-corrected chi connectivity index (χ0v) is 11.3. The van der Waals surface area contributed by atoms with Crippen molar-refractivity contribution < 1.29 is 23.1 Å². The summed E-state index contributed by atoms with van der Waals surface area (Å²) in [5.41, 5.74) is 0.0158. The lowest BCUT2D eigenvalue weighted by Crippen LogP contribution is -2.05. The van der Waals surface area contributed by atoms with Gasteiger partial charge in [-0.3, -0.25) is 4.98 Å². The van der Waals surface area contributed by atoms with Gasteiger partial charge in [0, 0.05) is 12.4 Å². The largest absolute Gasteiger partial charge is 0.495 e. The summed E-state index contributed by atoms with van der Waals surface area (Å²) >= 11 is 0. The molecule has 0 unspecified atom stereocenters. The Labute approximate surface area is 115 Å². The highest BCUT2D eigenvalue weighted by molar-refractivity contribution is 7.91. The zero-order valence-electron chi connectivity index (χ0n) is 10.5. The molecule has 0 amide bonds. The molecule has 0 fully saturated rings. The minimum absolute atomic E-state index is 0.0158. The number of carbonyl (C=O) groups is 1. The van der Waals surface area contributed by atoms with Gasteiger partial charge >= 0.3 is 5.97 Å². The Morgan fingerprint density at radius 1 is 1.20 bits per heavy atom. The number of ether oxygens (including phenoxy) is 1. The van der Waals surface area contributed by atoms with E-state index in [4.69, 9.17) is 9.84 Å². The van der Waals surface area contributed by atoms with Crippen LogP contribution in [-0.2, 0) is 9.84 Å². The van der Waals surface area contributed by atoms with Crippen LogP contribution in [0.3, 0.4) is 0 Å². The molecule has 1 heterocycles. The van der Waals surface area contributed by atoms with E-state index in [0.717, 1.165) is 0 Å². The van der Waals surface area contributed by atoms with Crippen molar-refractivity contribution in [1.82, 2.24) is 4.98 Å². The Balaban J connectivity index is 2.52. The van der Waals surface area contributed by atoms with Gasteiger partial charge in [-0.25, -0.2) is 13.2 Å². The molecule has 104 valence electrons. The lowest BCUT2D eigenvalue weighted by molar-refractivity contribution is 0.0696. The molecule has 0 aliphatic rings. The third-order valence-corrected chi connectivity index (χ3v) is 4.45. The summed E-state index contributed by atoms with van der Waals surface area (Å²) in [6.45, 7) is 0. The molecular formula is C13H11NO5S. The fourth-order valence-corrected chi connectivity index (χ4v) is 3.01. The number of carboxylic acids is 1. The van der Waals surface area contributed by atoms with Gasteiger partial charge in [-0.05, 0) is 30.3 Å². The molecule has 7 heteroatoms. The Kier molecular flexibility index (Phi) is 3.71. The van der Waals surface area contributed by atoms with Crippen LogP contribution in [0.15, 0.2) is 52.5 Å². The number of pyridine rings is 1. The van der Waals surface area contributed by atoms with E-state index in [1.54, 1.807) is 0 Å². The third-order valence-electron chi connectivity index (χ3n) is 2.67. The van der Waals surface area contributed by atoms with E-state index in [1.165, 1.54) is 49.8 Å². The normalized spacial score (nSPS) is 11.1. The summed E-state index contributed by atoms with van der Waals surface area (Å²) in [7, 11) is -2.44. The van der Waals surface area contributed by atoms with Crippen molar-refractivity contribution >= 4 is 15.8 Å². The van der Waals surface area contributed by atoms with E-state index in [9.17, 15) is 13.2 Å². The van der Waals surface area contributed by atoms with Crippen LogP contribution in [-0.4, -0.2) is 31.6 Å². The number of benzene rings is 1. The van der Waals surface area contributed by atoms with Crippen molar-refractivity contribution in [2.75, 3.05) is 7.11 Å². The molecule has 0 saturated carbocycles. The van der Waals surface area contributed by atoms with Gasteiger partial charge in [0.15, 0.2) is 0 Å². The van der Waals surface area contributed by atoms with Crippen molar-refractivity contribution in [2.45, 2.75) is 9.79 Å². The zero-order chi connectivity index (χ0) is 14.8. The van der Waals surface area contributed by atoms with Crippen LogP contribution in [0.4, 0.5) is 0 Å². The SMILES string of the molecule is COc1ccncc1S(=O)(=O)c1ccc(C(=O)O)cc1. The summed E-state index contributed by atoms with van der Waals surface area (Å²) in [5, 5.41) is 8.80. The number of hydrogen-bond donors (Lipinski definition) is 1. The lowest BCUT2D eigenvalue weighted by atomic mass is 10.2. The van der Waals surface area contributed by atoms with Crippen LogP contribution in [0.1, 0.15) is 10.4 Å². The number of aromatic nitrogens is 1. The molecule has 0 saturated heterocycles. The van der Waals surface area contributed by atoms with Crippen molar-refractivity contribution in [3.63, 3.8) is 0 Å². The first-order valence-electron chi connectivity index (χ1n) is 5.53. The van der Waals surface area contributed by atoms with E-state index in [0.29, 0.717) is 0 Å². The number of carboxylic acid groups (broad SMARTS) is 1. The number of methoxy groups -OCH3 is 1. The molecule has 2 aromatic rings. The Morgan fingerprint density at radius 2 is 1.85 bits per heavy atom. The van der Waals surface area contributed by atoms with Crippen LogP contribution >= 0.6 is 0 Å². The van der Waals surface area contributed by atoms with Gasteiger partial charge < -0.3 is 9.84 Å². The predicted octanol–water partition coefficient (Wildman–Crippen LogP) is 1.62. The highest BCUT2D eigenvalue weighted by atomic mass is 32.2. The molecule has 0 aliphatic carbocycles. The molecule has 0 spiro atoms. The fraction of sp³-hybridized carbons (Fsp3) is 0.0769. The minimum atomic E-state index is -3.80. The molecule has 2 rings (SSSR count). The van der Waals surface area contributed by atoms with Crippen molar-refractivity contribution in [3.05, 3.63) is 48.3 Å². The second-order valence-electron chi connectivity index (χ2n) is 3.86. The molecule has 0 radical (unpaired) electrons. The molecule has 1 aromatic heterocycles. The summed E-state index contributed by atoms with van der Waals surface area (Å²) in [4.78, 5) is 14.4. The van der Waals surface area contributed by atoms with Gasteiger partial charge in [-0.15, -0.1) is 0 Å². The van der Waals surface area contributed by atoms with Crippen molar-refractivity contribution in [1.29, 1.82) is 0 Å². The van der Waals surface area contributed by atoms with Gasteiger partial charge in [0.1, 0.15) is 10.6 Å².